The summed E-state index contributed by atoms with van der Waals surface area (Å²) in [5.74, 6) is 0.160. The Kier molecular flexibility index (Phi) is 3.97. The highest BCUT2D eigenvalue weighted by molar-refractivity contribution is 5.78. The van der Waals surface area contributed by atoms with E-state index in [0.717, 1.165) is 6.20 Å². The molecule has 1 aromatic rings. The molecule has 2 heterocycles. The van der Waals surface area contributed by atoms with Crippen molar-refractivity contribution in [2.75, 3.05) is 30.8 Å². The van der Waals surface area contributed by atoms with Crippen LogP contribution in [0.5, 0.6) is 0 Å². The second-order valence-electron chi connectivity index (χ2n) is 4.57. The molecule has 0 radical (unpaired) electrons. The third-order valence-corrected chi connectivity index (χ3v) is 3.38. The maximum Gasteiger partial charge on any atom is 0.329 e. The second kappa shape index (κ2) is 5.68. The summed E-state index contributed by atoms with van der Waals surface area (Å²) >= 11 is 0. The molecule has 1 aromatic heterocycles. The van der Waals surface area contributed by atoms with Gasteiger partial charge in [0.15, 0.2) is 0 Å². The number of nitrogens with two attached hydrogens (primary N) is 1. The van der Waals surface area contributed by atoms with Gasteiger partial charge in [0.05, 0.1) is 4.92 Å². The minimum atomic E-state index is -0.528. The fourth-order valence-corrected chi connectivity index (χ4v) is 2.30. The Bertz CT molecular complexity index is 527. The summed E-state index contributed by atoms with van der Waals surface area (Å²) in [5.41, 5.74) is 5.33. The van der Waals surface area contributed by atoms with Crippen molar-refractivity contribution in [2.45, 2.75) is 12.8 Å². The summed E-state index contributed by atoms with van der Waals surface area (Å²) in [6, 6.07) is 0. The van der Waals surface area contributed by atoms with Gasteiger partial charge in [-0.25, -0.2) is 4.98 Å². The number of amides is 1. The number of hydrogen-bond acceptors (Lipinski definition) is 7. The molecule has 0 spiro atoms. The molecule has 1 aliphatic heterocycles. The number of carbonyl (C=O) groups excluding carboxylic acids is 1. The van der Waals surface area contributed by atoms with Gasteiger partial charge >= 0.3 is 5.69 Å². The monoisotopic (exact) mass is 280 g/mol. The van der Waals surface area contributed by atoms with Gasteiger partial charge in [-0.3, -0.25) is 14.9 Å². The zero-order valence-corrected chi connectivity index (χ0v) is 11.1. The molecule has 1 amide bonds. The van der Waals surface area contributed by atoms with Crippen LogP contribution in [-0.2, 0) is 4.79 Å². The largest absolute Gasteiger partial charge is 0.368 e. The first-order valence-corrected chi connectivity index (χ1v) is 6.26. The number of nitrogens with one attached hydrogen (secondary N) is 1. The zero-order chi connectivity index (χ0) is 14.7. The normalized spacial score (nSPS) is 15.9. The van der Waals surface area contributed by atoms with Gasteiger partial charge in [-0.15, -0.1) is 0 Å². The molecule has 0 saturated carbocycles. The van der Waals surface area contributed by atoms with Crippen LogP contribution in [0.3, 0.4) is 0 Å². The number of nitrogen functional groups attached to an aromatic ring is 1. The first-order chi connectivity index (χ1) is 9.52. The van der Waals surface area contributed by atoms with E-state index in [1.54, 1.807) is 11.9 Å². The van der Waals surface area contributed by atoms with Crippen LogP contribution in [0.4, 0.5) is 17.5 Å². The quantitative estimate of drug-likeness (QED) is 0.586. The Morgan fingerprint density at radius 3 is 2.75 bits per heavy atom. The number of rotatable bonds is 3. The number of aromatic nitrogens is 2. The summed E-state index contributed by atoms with van der Waals surface area (Å²) in [7, 11) is 1.60. The summed E-state index contributed by atoms with van der Waals surface area (Å²) < 4.78 is 0. The van der Waals surface area contributed by atoms with Crippen molar-refractivity contribution >= 4 is 23.4 Å². The van der Waals surface area contributed by atoms with Crippen LogP contribution < -0.4 is 16.0 Å². The lowest BCUT2D eigenvalue weighted by molar-refractivity contribution is -0.384. The second-order valence-corrected chi connectivity index (χ2v) is 4.57. The topological polar surface area (TPSA) is 127 Å². The van der Waals surface area contributed by atoms with E-state index in [2.05, 4.69) is 15.3 Å². The zero-order valence-electron chi connectivity index (χ0n) is 11.1. The van der Waals surface area contributed by atoms with Crippen molar-refractivity contribution < 1.29 is 9.72 Å². The smallest absolute Gasteiger partial charge is 0.329 e. The van der Waals surface area contributed by atoms with E-state index >= 15 is 0 Å². The lowest BCUT2D eigenvalue weighted by atomic mass is 9.96. The Balaban J connectivity index is 2.16. The Morgan fingerprint density at radius 2 is 2.20 bits per heavy atom. The van der Waals surface area contributed by atoms with Crippen molar-refractivity contribution in [1.82, 2.24) is 15.3 Å². The van der Waals surface area contributed by atoms with Gasteiger partial charge in [0.25, 0.3) is 0 Å². The van der Waals surface area contributed by atoms with E-state index in [1.807, 2.05) is 0 Å². The van der Waals surface area contributed by atoms with E-state index in [0.29, 0.717) is 25.9 Å². The van der Waals surface area contributed by atoms with Gasteiger partial charge < -0.3 is 16.0 Å². The number of hydrogen-bond donors (Lipinski definition) is 2. The molecule has 0 aromatic carbocycles. The van der Waals surface area contributed by atoms with Crippen molar-refractivity contribution in [3.05, 3.63) is 16.3 Å². The van der Waals surface area contributed by atoms with Gasteiger partial charge in [0.2, 0.25) is 17.7 Å². The van der Waals surface area contributed by atoms with Gasteiger partial charge in [-0.2, -0.15) is 4.98 Å². The van der Waals surface area contributed by atoms with Crippen molar-refractivity contribution in [2.24, 2.45) is 5.92 Å². The highest BCUT2D eigenvalue weighted by Crippen LogP contribution is 2.29. The van der Waals surface area contributed by atoms with Crippen molar-refractivity contribution in [3.63, 3.8) is 0 Å². The first-order valence-electron chi connectivity index (χ1n) is 6.26. The molecule has 0 bridgehead atoms. The number of nitro groups is 1. The van der Waals surface area contributed by atoms with E-state index < -0.39 is 4.92 Å². The molecule has 1 saturated heterocycles. The molecule has 2 rings (SSSR count). The summed E-state index contributed by atoms with van der Waals surface area (Å²) in [6.07, 6.45) is 2.37. The molecule has 0 atom stereocenters. The SMILES string of the molecule is CNC(=O)C1CCN(c2nc(N)ncc2[N+](=O)[O-])CC1. The van der Waals surface area contributed by atoms with E-state index in [-0.39, 0.29) is 29.3 Å². The van der Waals surface area contributed by atoms with Crippen LogP contribution >= 0.6 is 0 Å². The Morgan fingerprint density at radius 1 is 1.55 bits per heavy atom. The number of nitrogens with zero attached hydrogens (tertiary/aromatic N) is 4. The summed E-state index contributed by atoms with van der Waals surface area (Å²) in [4.78, 5) is 31.4. The standard InChI is InChI=1S/C11H16N6O3/c1-13-10(18)7-2-4-16(5-3-7)9-8(17(19)20)6-14-11(12)15-9/h6-7H,2-5H2,1H3,(H,13,18)(H2,12,14,15). The third kappa shape index (κ3) is 2.76. The molecule has 9 nitrogen and oxygen atoms in total. The molecule has 9 heteroatoms. The highest BCUT2D eigenvalue weighted by Gasteiger charge is 2.29. The Labute approximate surface area is 115 Å². The minimum Gasteiger partial charge on any atom is -0.368 e. The average Bonchev–Trinajstić information content (AvgIpc) is 2.46. The molecule has 0 aliphatic carbocycles. The molecule has 20 heavy (non-hydrogen) atoms. The number of piperidine rings is 1. The minimum absolute atomic E-state index is 0.000903. The maximum absolute atomic E-state index is 11.6. The molecular weight excluding hydrogens is 264 g/mol. The average molecular weight is 280 g/mol. The maximum atomic E-state index is 11.6. The Hall–Kier alpha value is -2.45. The van der Waals surface area contributed by atoms with E-state index in [1.165, 1.54) is 0 Å². The van der Waals surface area contributed by atoms with Crippen LogP contribution in [-0.4, -0.2) is 40.9 Å². The van der Waals surface area contributed by atoms with Crippen LogP contribution in [0.1, 0.15) is 12.8 Å². The van der Waals surface area contributed by atoms with Gasteiger partial charge in [0.1, 0.15) is 6.20 Å². The van der Waals surface area contributed by atoms with Crippen LogP contribution in [0, 0.1) is 16.0 Å². The molecule has 108 valence electrons. The van der Waals surface area contributed by atoms with Crippen LogP contribution in [0.25, 0.3) is 0 Å². The fourth-order valence-electron chi connectivity index (χ4n) is 2.30. The third-order valence-electron chi connectivity index (χ3n) is 3.38. The predicted molar refractivity (Wildman–Crippen MR) is 72.1 cm³/mol. The molecule has 3 N–H and O–H groups in total. The number of anilines is 2. The van der Waals surface area contributed by atoms with Crippen LogP contribution in [0.2, 0.25) is 0 Å². The van der Waals surface area contributed by atoms with Gasteiger partial charge in [0, 0.05) is 26.1 Å². The summed E-state index contributed by atoms with van der Waals surface area (Å²) in [6.45, 7) is 1.05. The van der Waals surface area contributed by atoms with Crippen molar-refractivity contribution in [3.8, 4) is 0 Å². The fraction of sp³-hybridized carbons (Fsp3) is 0.545. The molecule has 0 unspecified atom stereocenters. The van der Waals surface area contributed by atoms with Gasteiger partial charge in [-0.05, 0) is 12.8 Å². The molecule has 1 fully saturated rings. The van der Waals surface area contributed by atoms with E-state index in [9.17, 15) is 14.9 Å². The van der Waals surface area contributed by atoms with Crippen molar-refractivity contribution in [1.29, 1.82) is 0 Å². The lowest BCUT2D eigenvalue weighted by Gasteiger charge is -2.31. The van der Waals surface area contributed by atoms with Gasteiger partial charge in [-0.1, -0.05) is 0 Å². The molecule has 1 aliphatic rings. The highest BCUT2D eigenvalue weighted by atomic mass is 16.6. The lowest BCUT2D eigenvalue weighted by Crippen LogP contribution is -2.40. The predicted octanol–water partition coefficient (Wildman–Crippen LogP) is -0.0706. The van der Waals surface area contributed by atoms with E-state index in [4.69, 9.17) is 5.73 Å². The first kappa shape index (κ1) is 14.0. The molecular formula is C11H16N6O3. The van der Waals surface area contributed by atoms with Crippen LogP contribution in [0.15, 0.2) is 6.20 Å². The number of carbonyl (C=O) groups is 1. The summed E-state index contributed by atoms with van der Waals surface area (Å²) in [5, 5.41) is 13.6.